The summed E-state index contributed by atoms with van der Waals surface area (Å²) in [4.78, 5) is 22.3. The number of amides is 1. The van der Waals surface area contributed by atoms with Crippen LogP contribution < -0.4 is 5.32 Å². The van der Waals surface area contributed by atoms with Gasteiger partial charge in [0.1, 0.15) is 5.82 Å². The number of aryl methyl sites for hydroxylation is 1. The zero-order chi connectivity index (χ0) is 15.6. The Bertz CT molecular complexity index is 734. The summed E-state index contributed by atoms with van der Waals surface area (Å²) in [5.41, 5.74) is 1.07. The van der Waals surface area contributed by atoms with E-state index in [1.165, 1.54) is 36.4 Å². The van der Waals surface area contributed by atoms with Gasteiger partial charge in [-0.15, -0.1) is 0 Å². The van der Waals surface area contributed by atoms with E-state index in [0.29, 0.717) is 11.3 Å². The molecule has 5 nitrogen and oxygen atoms in total. The van der Waals surface area contributed by atoms with Crippen molar-refractivity contribution in [1.29, 1.82) is 0 Å². The predicted molar refractivity (Wildman–Crippen MR) is 79.9 cm³/mol. The Labute approximate surface area is 128 Å². The van der Waals surface area contributed by atoms with Crippen LogP contribution in [0.3, 0.4) is 0 Å². The van der Waals surface area contributed by atoms with Gasteiger partial charge in [-0.1, -0.05) is 6.07 Å². The number of hydrogen-bond acceptors (Lipinski definition) is 3. The van der Waals surface area contributed by atoms with Crippen LogP contribution in [0.5, 0.6) is 0 Å². The van der Waals surface area contributed by atoms with Crippen molar-refractivity contribution in [2.24, 2.45) is 0 Å². The van der Waals surface area contributed by atoms with Crippen molar-refractivity contribution in [2.45, 2.75) is 6.92 Å². The maximum absolute atomic E-state index is 13.4. The van der Waals surface area contributed by atoms with Crippen LogP contribution in [0.25, 0.3) is 0 Å². The molecule has 2 aromatic rings. The standard InChI is InChI=1S/C14H10BrFN2O3/c1-8-7-9(18(20)21)5-6-12(8)17-14(19)10-3-2-4-11(16)13(10)15/h2-7H,1H3,(H,17,19). The maximum atomic E-state index is 13.4. The number of carbonyl (C=O) groups excluding carboxylic acids is 1. The minimum Gasteiger partial charge on any atom is -0.322 e. The number of carbonyl (C=O) groups is 1. The highest BCUT2D eigenvalue weighted by Gasteiger charge is 2.15. The lowest BCUT2D eigenvalue weighted by atomic mass is 10.1. The number of nitrogens with one attached hydrogen (secondary N) is 1. The van der Waals surface area contributed by atoms with Gasteiger partial charge >= 0.3 is 0 Å². The number of rotatable bonds is 3. The summed E-state index contributed by atoms with van der Waals surface area (Å²) in [6.45, 7) is 1.64. The first kappa shape index (κ1) is 15.1. The second-order valence-corrected chi connectivity index (χ2v) is 5.10. The molecule has 0 radical (unpaired) electrons. The van der Waals surface area contributed by atoms with E-state index in [-0.39, 0.29) is 15.7 Å². The Morgan fingerprint density at radius 3 is 2.67 bits per heavy atom. The van der Waals surface area contributed by atoms with Crippen LogP contribution in [0.15, 0.2) is 40.9 Å². The van der Waals surface area contributed by atoms with Crippen LogP contribution in [0.4, 0.5) is 15.8 Å². The molecule has 108 valence electrons. The first-order valence-electron chi connectivity index (χ1n) is 5.90. The molecule has 0 spiro atoms. The second kappa shape index (κ2) is 6.01. The van der Waals surface area contributed by atoms with E-state index in [1.54, 1.807) is 6.92 Å². The second-order valence-electron chi connectivity index (χ2n) is 4.31. The topological polar surface area (TPSA) is 72.2 Å². The summed E-state index contributed by atoms with van der Waals surface area (Å²) in [6, 6.07) is 8.23. The highest BCUT2D eigenvalue weighted by Crippen LogP contribution is 2.24. The van der Waals surface area contributed by atoms with Gasteiger partial charge in [0, 0.05) is 17.8 Å². The van der Waals surface area contributed by atoms with E-state index in [0.717, 1.165) is 0 Å². The SMILES string of the molecule is Cc1cc([N+](=O)[O-])ccc1NC(=O)c1cccc(F)c1Br. The van der Waals surface area contributed by atoms with Gasteiger partial charge in [0.05, 0.1) is 15.0 Å². The highest BCUT2D eigenvalue weighted by molar-refractivity contribution is 9.10. The minimum atomic E-state index is -0.539. The molecule has 1 amide bonds. The third kappa shape index (κ3) is 3.25. The van der Waals surface area contributed by atoms with Gasteiger partial charge in [0.2, 0.25) is 0 Å². The van der Waals surface area contributed by atoms with E-state index in [1.807, 2.05) is 0 Å². The number of benzene rings is 2. The van der Waals surface area contributed by atoms with Crippen molar-refractivity contribution in [3.05, 3.63) is 67.9 Å². The molecule has 2 aromatic carbocycles. The summed E-state index contributed by atoms with van der Waals surface area (Å²) >= 11 is 3.02. The summed E-state index contributed by atoms with van der Waals surface area (Å²) < 4.78 is 13.5. The molecular formula is C14H10BrFN2O3. The van der Waals surface area contributed by atoms with Crippen molar-refractivity contribution < 1.29 is 14.1 Å². The number of hydrogen-bond donors (Lipinski definition) is 1. The van der Waals surface area contributed by atoms with Crippen molar-refractivity contribution in [1.82, 2.24) is 0 Å². The van der Waals surface area contributed by atoms with Crippen LogP contribution >= 0.6 is 15.9 Å². The molecule has 0 aromatic heterocycles. The Hall–Kier alpha value is -2.28. The lowest BCUT2D eigenvalue weighted by Crippen LogP contribution is -2.14. The third-order valence-electron chi connectivity index (χ3n) is 2.87. The summed E-state index contributed by atoms with van der Waals surface area (Å²) in [5.74, 6) is -1.04. The lowest BCUT2D eigenvalue weighted by Gasteiger charge is -2.09. The Kier molecular flexibility index (Phi) is 4.32. The highest BCUT2D eigenvalue weighted by atomic mass is 79.9. The molecule has 0 aliphatic heterocycles. The maximum Gasteiger partial charge on any atom is 0.269 e. The smallest absolute Gasteiger partial charge is 0.269 e. The van der Waals surface area contributed by atoms with Crippen LogP contribution in [0.2, 0.25) is 0 Å². The molecular weight excluding hydrogens is 343 g/mol. The van der Waals surface area contributed by atoms with Gasteiger partial charge in [0.25, 0.3) is 11.6 Å². The lowest BCUT2D eigenvalue weighted by molar-refractivity contribution is -0.384. The largest absolute Gasteiger partial charge is 0.322 e. The zero-order valence-electron chi connectivity index (χ0n) is 10.9. The quantitative estimate of drug-likeness (QED) is 0.668. The molecule has 0 saturated heterocycles. The Morgan fingerprint density at radius 1 is 1.33 bits per heavy atom. The monoisotopic (exact) mass is 352 g/mol. The molecule has 2 rings (SSSR count). The van der Waals surface area contributed by atoms with Crippen molar-refractivity contribution in [2.75, 3.05) is 5.32 Å². The van der Waals surface area contributed by atoms with Gasteiger partial charge in [0.15, 0.2) is 0 Å². The first-order valence-corrected chi connectivity index (χ1v) is 6.70. The molecule has 0 bridgehead atoms. The van der Waals surface area contributed by atoms with Gasteiger partial charge in [-0.25, -0.2) is 4.39 Å². The van der Waals surface area contributed by atoms with Crippen molar-refractivity contribution >= 4 is 33.2 Å². The molecule has 0 unspecified atom stereocenters. The molecule has 0 aliphatic carbocycles. The average molecular weight is 353 g/mol. The fourth-order valence-corrected chi connectivity index (χ4v) is 2.21. The molecule has 0 heterocycles. The zero-order valence-corrected chi connectivity index (χ0v) is 12.5. The molecule has 7 heteroatoms. The van der Waals surface area contributed by atoms with E-state index < -0.39 is 16.6 Å². The van der Waals surface area contributed by atoms with Crippen LogP contribution in [-0.2, 0) is 0 Å². The fraction of sp³-hybridized carbons (Fsp3) is 0.0714. The van der Waals surface area contributed by atoms with E-state index in [9.17, 15) is 19.3 Å². The molecule has 0 fully saturated rings. The van der Waals surface area contributed by atoms with Gasteiger partial charge in [-0.05, 0) is 46.6 Å². The van der Waals surface area contributed by atoms with Crippen LogP contribution in [0, 0.1) is 22.9 Å². The molecule has 0 saturated carbocycles. The van der Waals surface area contributed by atoms with Crippen molar-refractivity contribution in [3.8, 4) is 0 Å². The van der Waals surface area contributed by atoms with Gasteiger partial charge in [-0.2, -0.15) is 0 Å². The molecule has 0 aliphatic rings. The fourth-order valence-electron chi connectivity index (χ4n) is 1.77. The Morgan fingerprint density at radius 2 is 2.05 bits per heavy atom. The Balaban J connectivity index is 2.28. The van der Waals surface area contributed by atoms with Gasteiger partial charge < -0.3 is 5.32 Å². The molecule has 0 atom stereocenters. The minimum absolute atomic E-state index is 0.0579. The number of anilines is 1. The van der Waals surface area contributed by atoms with E-state index >= 15 is 0 Å². The summed E-state index contributed by atoms with van der Waals surface area (Å²) in [5, 5.41) is 13.3. The number of nitro benzene ring substituents is 1. The van der Waals surface area contributed by atoms with Gasteiger partial charge in [-0.3, -0.25) is 14.9 Å². The average Bonchev–Trinajstić information content (AvgIpc) is 2.43. The summed E-state index contributed by atoms with van der Waals surface area (Å²) in [7, 11) is 0. The number of halogens is 2. The number of nitrogens with zero attached hydrogens (tertiary/aromatic N) is 1. The number of non-ortho nitro benzene ring substituents is 1. The third-order valence-corrected chi connectivity index (χ3v) is 3.67. The van der Waals surface area contributed by atoms with Crippen LogP contribution in [-0.4, -0.2) is 10.8 Å². The predicted octanol–water partition coefficient (Wildman–Crippen LogP) is 4.06. The normalized spacial score (nSPS) is 10.2. The van der Waals surface area contributed by atoms with E-state index in [4.69, 9.17) is 0 Å². The van der Waals surface area contributed by atoms with Crippen molar-refractivity contribution in [3.63, 3.8) is 0 Å². The summed E-state index contributed by atoms with van der Waals surface area (Å²) in [6.07, 6.45) is 0. The molecule has 1 N–H and O–H groups in total. The van der Waals surface area contributed by atoms with E-state index in [2.05, 4.69) is 21.2 Å². The number of nitro groups is 1. The first-order chi connectivity index (χ1) is 9.90. The molecule has 21 heavy (non-hydrogen) atoms. The van der Waals surface area contributed by atoms with Crippen LogP contribution in [0.1, 0.15) is 15.9 Å².